The van der Waals surface area contributed by atoms with Crippen LogP contribution >= 0.6 is 0 Å². The second-order valence-corrected chi connectivity index (χ2v) is 10.9. The summed E-state index contributed by atoms with van der Waals surface area (Å²) in [7, 11) is 2.15. The topological polar surface area (TPSA) is 36.9 Å². The Kier molecular flexibility index (Phi) is 5.26. The van der Waals surface area contributed by atoms with Gasteiger partial charge in [0.15, 0.2) is 0 Å². The molecule has 0 aliphatic carbocycles. The molecule has 1 aromatic rings. The van der Waals surface area contributed by atoms with E-state index in [4.69, 9.17) is 17.7 Å². The first-order chi connectivity index (χ1) is 8.45. The minimum absolute atomic E-state index is 1.08. The van der Waals surface area contributed by atoms with Crippen molar-refractivity contribution in [2.45, 2.75) is 13.1 Å². The number of hydrogen-bond acceptors (Lipinski definition) is 4. The van der Waals surface area contributed by atoms with Crippen LogP contribution in [0.25, 0.3) is 0 Å². The molecule has 0 atom stereocenters. The highest BCUT2D eigenvalue weighted by molar-refractivity contribution is 6.83. The molecule has 1 aromatic carbocycles. The van der Waals surface area contributed by atoms with Gasteiger partial charge in [0.25, 0.3) is 0 Å². The Balaban J connectivity index is 3.21. The van der Waals surface area contributed by atoms with Gasteiger partial charge in [0.05, 0.1) is 0 Å². The van der Waals surface area contributed by atoms with E-state index in [1.54, 1.807) is 28.4 Å². The summed E-state index contributed by atoms with van der Waals surface area (Å²) in [5, 5.41) is 2.16. The van der Waals surface area contributed by atoms with E-state index in [0.717, 1.165) is 10.4 Å². The highest BCUT2D eigenvalue weighted by atomic mass is 28.4. The zero-order valence-electron chi connectivity index (χ0n) is 11.9. The van der Waals surface area contributed by atoms with Crippen LogP contribution < -0.4 is 10.4 Å². The molecule has 0 aromatic heterocycles. The molecule has 0 saturated heterocycles. The van der Waals surface area contributed by atoms with Crippen LogP contribution in [0.15, 0.2) is 24.3 Å². The molecule has 0 amide bonds. The number of hydrogen-bond donors (Lipinski definition) is 0. The summed E-state index contributed by atoms with van der Waals surface area (Å²) in [6.45, 7) is 4.04. The fraction of sp³-hybridized carbons (Fsp3) is 0.500. The van der Waals surface area contributed by atoms with Crippen LogP contribution in [0.5, 0.6) is 0 Å². The Morgan fingerprint density at radius 1 is 0.722 bits per heavy atom. The molecule has 0 aliphatic heterocycles. The highest BCUT2D eigenvalue weighted by Gasteiger charge is 2.36. The molecule has 1 rings (SSSR count). The molecule has 0 heterocycles. The predicted molar refractivity (Wildman–Crippen MR) is 77.0 cm³/mol. The molecule has 0 fully saturated rings. The van der Waals surface area contributed by atoms with Gasteiger partial charge in [-0.15, -0.1) is 0 Å². The van der Waals surface area contributed by atoms with Gasteiger partial charge in [-0.2, -0.15) is 0 Å². The second-order valence-electron chi connectivity index (χ2n) is 4.29. The average Bonchev–Trinajstić information content (AvgIpc) is 2.45. The lowest BCUT2D eigenvalue weighted by atomic mass is 10.4. The molecule has 102 valence electrons. The van der Waals surface area contributed by atoms with E-state index in [2.05, 4.69) is 6.07 Å². The molecule has 0 saturated carbocycles. The monoisotopic (exact) mass is 286 g/mol. The van der Waals surface area contributed by atoms with Crippen molar-refractivity contribution in [3.63, 3.8) is 0 Å². The molecule has 0 aliphatic rings. The van der Waals surface area contributed by atoms with E-state index in [9.17, 15) is 0 Å². The lowest BCUT2D eigenvalue weighted by Crippen LogP contribution is -2.54. The zero-order chi connectivity index (χ0) is 13.8. The zero-order valence-corrected chi connectivity index (χ0v) is 13.9. The maximum absolute atomic E-state index is 5.56. The number of rotatable bonds is 6. The molecule has 4 nitrogen and oxygen atoms in total. The summed E-state index contributed by atoms with van der Waals surface area (Å²) in [6.07, 6.45) is 0. The van der Waals surface area contributed by atoms with Crippen LogP contribution in [0.3, 0.4) is 0 Å². The Hall–Kier alpha value is -0.506. The van der Waals surface area contributed by atoms with E-state index in [0.29, 0.717) is 0 Å². The first-order valence-electron chi connectivity index (χ1n) is 5.77. The molecule has 0 N–H and O–H groups in total. The minimum atomic E-state index is -2.30. The molecular formula is C12H22O4Si2. The molecule has 0 radical (unpaired) electrons. The lowest BCUT2D eigenvalue weighted by Gasteiger charge is -2.27. The first kappa shape index (κ1) is 15.6. The highest BCUT2D eigenvalue weighted by Crippen LogP contribution is 2.08. The Bertz CT molecular complexity index is 356. The van der Waals surface area contributed by atoms with Crippen LogP contribution in [-0.2, 0) is 17.7 Å². The molecule has 0 bridgehead atoms. The van der Waals surface area contributed by atoms with Crippen molar-refractivity contribution in [2.75, 3.05) is 28.4 Å². The summed E-state index contributed by atoms with van der Waals surface area (Å²) in [5.41, 5.74) is 0. The summed E-state index contributed by atoms with van der Waals surface area (Å²) >= 11 is 0. The van der Waals surface area contributed by atoms with Gasteiger partial charge in [-0.1, -0.05) is 24.3 Å². The van der Waals surface area contributed by atoms with Gasteiger partial charge >= 0.3 is 17.1 Å². The van der Waals surface area contributed by atoms with Crippen LogP contribution in [0.1, 0.15) is 0 Å². The van der Waals surface area contributed by atoms with Gasteiger partial charge in [0.1, 0.15) is 0 Å². The van der Waals surface area contributed by atoms with Gasteiger partial charge in [-0.3, -0.25) is 0 Å². The van der Waals surface area contributed by atoms with Crippen LogP contribution in [0.4, 0.5) is 0 Å². The van der Waals surface area contributed by atoms with Crippen molar-refractivity contribution in [2.24, 2.45) is 0 Å². The van der Waals surface area contributed by atoms with Crippen molar-refractivity contribution in [3.8, 4) is 0 Å². The normalized spacial score (nSPS) is 12.8. The first-order valence-corrected chi connectivity index (χ1v) is 10.4. The van der Waals surface area contributed by atoms with Crippen molar-refractivity contribution >= 4 is 27.5 Å². The lowest BCUT2D eigenvalue weighted by molar-refractivity contribution is 0.264. The third kappa shape index (κ3) is 2.90. The van der Waals surface area contributed by atoms with Crippen LogP contribution in [-0.4, -0.2) is 45.6 Å². The Morgan fingerprint density at radius 2 is 1.06 bits per heavy atom. The molecule has 18 heavy (non-hydrogen) atoms. The van der Waals surface area contributed by atoms with Gasteiger partial charge in [-0.05, 0) is 23.5 Å². The average molecular weight is 286 g/mol. The standard InChI is InChI=1S/C12H22O4Si2/c1-13-17(5,14-2)11-8-7-9-12(10-11)18(6,15-3)16-4/h7-10H,1-6H3. The number of benzene rings is 1. The fourth-order valence-corrected chi connectivity index (χ4v) is 4.78. The van der Waals surface area contributed by atoms with Crippen molar-refractivity contribution < 1.29 is 17.7 Å². The summed E-state index contributed by atoms with van der Waals surface area (Å²) in [5.74, 6) is 0. The van der Waals surface area contributed by atoms with Crippen molar-refractivity contribution in [1.82, 2.24) is 0 Å². The minimum Gasteiger partial charge on any atom is -0.394 e. The fourth-order valence-electron chi connectivity index (χ4n) is 1.72. The Labute approximate surface area is 111 Å². The summed E-state index contributed by atoms with van der Waals surface area (Å²) in [6, 6.07) is 8.14. The summed E-state index contributed by atoms with van der Waals surface area (Å²) < 4.78 is 22.2. The second kappa shape index (κ2) is 6.09. The maximum Gasteiger partial charge on any atom is 0.368 e. The third-order valence-electron chi connectivity index (χ3n) is 3.47. The van der Waals surface area contributed by atoms with Crippen LogP contribution in [0, 0.1) is 0 Å². The van der Waals surface area contributed by atoms with Crippen molar-refractivity contribution in [3.05, 3.63) is 24.3 Å². The summed E-state index contributed by atoms with van der Waals surface area (Å²) in [4.78, 5) is 0. The molecule has 0 spiro atoms. The smallest absolute Gasteiger partial charge is 0.368 e. The van der Waals surface area contributed by atoms with Crippen molar-refractivity contribution in [1.29, 1.82) is 0 Å². The third-order valence-corrected chi connectivity index (χ3v) is 9.31. The van der Waals surface area contributed by atoms with E-state index in [1.165, 1.54) is 0 Å². The van der Waals surface area contributed by atoms with E-state index in [1.807, 2.05) is 31.3 Å². The Morgan fingerprint density at radius 3 is 1.33 bits per heavy atom. The quantitative estimate of drug-likeness (QED) is 0.726. The van der Waals surface area contributed by atoms with Gasteiger partial charge in [0.2, 0.25) is 0 Å². The van der Waals surface area contributed by atoms with Gasteiger partial charge in [-0.25, -0.2) is 0 Å². The van der Waals surface area contributed by atoms with E-state index in [-0.39, 0.29) is 0 Å². The van der Waals surface area contributed by atoms with Gasteiger partial charge < -0.3 is 17.7 Å². The molecule has 0 unspecified atom stereocenters. The van der Waals surface area contributed by atoms with E-state index >= 15 is 0 Å². The van der Waals surface area contributed by atoms with Crippen LogP contribution in [0.2, 0.25) is 13.1 Å². The molecule has 6 heteroatoms. The molecular weight excluding hydrogens is 264 g/mol. The maximum atomic E-state index is 5.56. The predicted octanol–water partition coefficient (Wildman–Crippen LogP) is 0.830. The van der Waals surface area contributed by atoms with E-state index < -0.39 is 17.1 Å². The largest absolute Gasteiger partial charge is 0.394 e. The SMILES string of the molecule is CO[Si](C)(OC)c1cccc([Si](C)(OC)OC)c1. The van der Waals surface area contributed by atoms with Gasteiger partial charge in [0, 0.05) is 28.4 Å².